The molecular formula is C15H22N4OS. The molecule has 114 valence electrons. The van der Waals surface area contributed by atoms with Crippen molar-refractivity contribution < 1.29 is 4.79 Å². The molecule has 21 heavy (non-hydrogen) atoms. The molecule has 0 radical (unpaired) electrons. The van der Waals surface area contributed by atoms with Crippen LogP contribution in [-0.2, 0) is 11.2 Å². The Labute approximate surface area is 129 Å². The van der Waals surface area contributed by atoms with Gasteiger partial charge in [0, 0.05) is 23.4 Å². The lowest BCUT2D eigenvalue weighted by Gasteiger charge is -2.12. The molecule has 2 aromatic rings. The Bertz CT molecular complexity index is 644. The third-order valence-electron chi connectivity index (χ3n) is 3.67. The molecule has 2 heterocycles. The summed E-state index contributed by atoms with van der Waals surface area (Å²) in [4.78, 5) is 17.7. The molecule has 2 rings (SSSR count). The van der Waals surface area contributed by atoms with Gasteiger partial charge in [0.15, 0.2) is 0 Å². The van der Waals surface area contributed by atoms with Crippen LogP contribution in [0.3, 0.4) is 0 Å². The summed E-state index contributed by atoms with van der Waals surface area (Å²) in [6.45, 7) is 10.0. The van der Waals surface area contributed by atoms with E-state index in [2.05, 4.69) is 20.5 Å². The zero-order valence-electron chi connectivity index (χ0n) is 13.2. The number of nitrogens with one attached hydrogen (secondary N) is 2. The largest absolute Gasteiger partial charge is 0.348 e. The van der Waals surface area contributed by atoms with Crippen molar-refractivity contribution in [3.05, 3.63) is 32.5 Å². The van der Waals surface area contributed by atoms with E-state index < -0.39 is 0 Å². The first-order chi connectivity index (χ1) is 9.88. The minimum absolute atomic E-state index is 0.0348. The Morgan fingerprint density at radius 1 is 1.33 bits per heavy atom. The van der Waals surface area contributed by atoms with Crippen molar-refractivity contribution in [3.8, 4) is 0 Å². The summed E-state index contributed by atoms with van der Waals surface area (Å²) in [6, 6.07) is -0.0514. The summed E-state index contributed by atoms with van der Waals surface area (Å²) in [5, 5.41) is 11.2. The molecule has 0 bridgehead atoms. The molecule has 0 aliphatic carbocycles. The number of carbonyl (C=O) groups excluding carboxylic acids is 1. The smallest absolute Gasteiger partial charge is 0.220 e. The Morgan fingerprint density at radius 3 is 2.57 bits per heavy atom. The highest BCUT2D eigenvalue weighted by atomic mass is 32.1. The van der Waals surface area contributed by atoms with E-state index in [0.29, 0.717) is 12.8 Å². The third-order valence-corrected chi connectivity index (χ3v) is 4.57. The van der Waals surface area contributed by atoms with Crippen LogP contribution in [-0.4, -0.2) is 21.1 Å². The van der Waals surface area contributed by atoms with Crippen molar-refractivity contribution in [1.82, 2.24) is 20.5 Å². The first-order valence-corrected chi connectivity index (χ1v) is 7.94. The molecule has 0 aromatic carbocycles. The molecule has 0 fully saturated rings. The molecule has 2 aromatic heterocycles. The fourth-order valence-electron chi connectivity index (χ4n) is 2.34. The molecule has 1 amide bonds. The molecular weight excluding hydrogens is 284 g/mol. The summed E-state index contributed by atoms with van der Waals surface area (Å²) in [5.41, 5.74) is 4.14. The highest BCUT2D eigenvalue weighted by molar-refractivity contribution is 7.11. The zero-order chi connectivity index (χ0) is 15.6. The average Bonchev–Trinajstić information content (AvgIpc) is 2.91. The fraction of sp³-hybridized carbons (Fsp3) is 0.533. The average molecular weight is 306 g/mol. The van der Waals surface area contributed by atoms with Crippen LogP contribution in [0.2, 0.25) is 0 Å². The Kier molecular flexibility index (Phi) is 4.77. The van der Waals surface area contributed by atoms with Gasteiger partial charge in [-0.1, -0.05) is 0 Å². The number of nitrogens with zero attached hydrogens (tertiary/aromatic N) is 2. The minimum atomic E-state index is -0.0514. The van der Waals surface area contributed by atoms with Crippen LogP contribution in [0.1, 0.15) is 51.9 Å². The van der Waals surface area contributed by atoms with Gasteiger partial charge < -0.3 is 5.32 Å². The summed E-state index contributed by atoms with van der Waals surface area (Å²) in [5.74, 6) is 0.0348. The van der Waals surface area contributed by atoms with Crippen molar-refractivity contribution in [2.75, 3.05) is 0 Å². The standard InChI is InChI=1S/C15H22N4OS/c1-8-9(2)18-19-13(8)6-7-14(20)16-10(3)15-11(4)21-12(5)17-15/h10H,6-7H2,1-5H3,(H,16,20)(H,18,19). The number of aromatic nitrogens is 3. The molecule has 6 heteroatoms. The number of carbonyl (C=O) groups is 1. The second-order valence-corrected chi connectivity index (χ2v) is 6.79. The van der Waals surface area contributed by atoms with Gasteiger partial charge in [0.2, 0.25) is 5.91 Å². The molecule has 2 N–H and O–H groups in total. The molecule has 1 unspecified atom stereocenters. The topological polar surface area (TPSA) is 70.7 Å². The van der Waals surface area contributed by atoms with E-state index in [0.717, 1.165) is 27.7 Å². The molecule has 0 aliphatic rings. The number of rotatable bonds is 5. The molecule has 0 aliphatic heterocycles. The molecule has 1 atom stereocenters. The lowest BCUT2D eigenvalue weighted by molar-refractivity contribution is -0.121. The van der Waals surface area contributed by atoms with Crippen molar-refractivity contribution >= 4 is 17.2 Å². The Balaban J connectivity index is 1.90. The first kappa shape index (κ1) is 15.7. The quantitative estimate of drug-likeness (QED) is 0.892. The number of thiazole rings is 1. The highest BCUT2D eigenvalue weighted by Gasteiger charge is 2.16. The van der Waals surface area contributed by atoms with Gasteiger partial charge in [-0.3, -0.25) is 9.89 Å². The van der Waals surface area contributed by atoms with E-state index >= 15 is 0 Å². The van der Waals surface area contributed by atoms with Crippen LogP contribution in [0.4, 0.5) is 0 Å². The van der Waals surface area contributed by atoms with Crippen LogP contribution in [0.25, 0.3) is 0 Å². The molecule has 0 saturated carbocycles. The van der Waals surface area contributed by atoms with Gasteiger partial charge in [-0.25, -0.2) is 4.98 Å². The number of aromatic amines is 1. The predicted octanol–water partition coefficient (Wildman–Crippen LogP) is 2.91. The number of amides is 1. The normalized spacial score (nSPS) is 12.4. The maximum absolute atomic E-state index is 12.1. The molecule has 0 spiro atoms. The van der Waals surface area contributed by atoms with Gasteiger partial charge in [-0.2, -0.15) is 5.10 Å². The zero-order valence-corrected chi connectivity index (χ0v) is 14.0. The number of hydrogen-bond donors (Lipinski definition) is 2. The van der Waals surface area contributed by atoms with Crippen LogP contribution in [0.15, 0.2) is 0 Å². The van der Waals surface area contributed by atoms with Crippen LogP contribution in [0.5, 0.6) is 0 Å². The van der Waals surface area contributed by atoms with Gasteiger partial charge in [0.1, 0.15) is 0 Å². The second-order valence-electron chi connectivity index (χ2n) is 5.38. The number of aryl methyl sites for hydroxylation is 4. The van der Waals surface area contributed by atoms with Gasteiger partial charge in [-0.15, -0.1) is 11.3 Å². The van der Waals surface area contributed by atoms with E-state index in [1.165, 1.54) is 4.88 Å². The van der Waals surface area contributed by atoms with E-state index in [1.54, 1.807) is 11.3 Å². The van der Waals surface area contributed by atoms with E-state index in [1.807, 2.05) is 34.6 Å². The predicted molar refractivity (Wildman–Crippen MR) is 84.5 cm³/mol. The SMILES string of the molecule is Cc1nc(C(C)NC(=O)CCc2n[nH]c(C)c2C)c(C)s1. The lowest BCUT2D eigenvalue weighted by Crippen LogP contribution is -2.27. The maximum Gasteiger partial charge on any atom is 0.220 e. The highest BCUT2D eigenvalue weighted by Crippen LogP contribution is 2.22. The van der Waals surface area contributed by atoms with Crippen LogP contribution >= 0.6 is 11.3 Å². The monoisotopic (exact) mass is 306 g/mol. The van der Waals surface area contributed by atoms with E-state index in [-0.39, 0.29) is 11.9 Å². The van der Waals surface area contributed by atoms with Crippen molar-refractivity contribution in [2.24, 2.45) is 0 Å². The molecule has 0 saturated heterocycles. The van der Waals surface area contributed by atoms with Crippen LogP contribution in [0, 0.1) is 27.7 Å². The van der Waals surface area contributed by atoms with Gasteiger partial charge >= 0.3 is 0 Å². The van der Waals surface area contributed by atoms with Gasteiger partial charge in [0.25, 0.3) is 0 Å². The van der Waals surface area contributed by atoms with Gasteiger partial charge in [0.05, 0.1) is 22.4 Å². The van der Waals surface area contributed by atoms with Crippen molar-refractivity contribution in [3.63, 3.8) is 0 Å². The Morgan fingerprint density at radius 2 is 2.05 bits per heavy atom. The lowest BCUT2D eigenvalue weighted by atomic mass is 10.1. The summed E-state index contributed by atoms with van der Waals surface area (Å²) in [7, 11) is 0. The minimum Gasteiger partial charge on any atom is -0.348 e. The first-order valence-electron chi connectivity index (χ1n) is 7.12. The van der Waals surface area contributed by atoms with Crippen molar-refractivity contribution in [2.45, 2.75) is 53.5 Å². The summed E-state index contributed by atoms with van der Waals surface area (Å²) >= 11 is 1.66. The third kappa shape index (κ3) is 3.69. The number of hydrogen-bond acceptors (Lipinski definition) is 4. The molecule has 5 nitrogen and oxygen atoms in total. The summed E-state index contributed by atoms with van der Waals surface area (Å²) in [6.07, 6.45) is 1.10. The second kappa shape index (κ2) is 6.39. The van der Waals surface area contributed by atoms with E-state index in [4.69, 9.17) is 0 Å². The van der Waals surface area contributed by atoms with E-state index in [9.17, 15) is 4.79 Å². The Hall–Kier alpha value is -1.69. The fourth-order valence-corrected chi connectivity index (χ4v) is 3.25. The van der Waals surface area contributed by atoms with Crippen molar-refractivity contribution in [1.29, 1.82) is 0 Å². The maximum atomic E-state index is 12.1. The van der Waals surface area contributed by atoms with Crippen LogP contribution < -0.4 is 5.32 Å². The number of H-pyrrole nitrogens is 1. The van der Waals surface area contributed by atoms with Gasteiger partial charge in [-0.05, 0) is 40.2 Å². The summed E-state index contributed by atoms with van der Waals surface area (Å²) < 4.78 is 0.